The number of hydrogen-bond acceptors (Lipinski definition) is 2. The topological polar surface area (TPSA) is 20.3 Å². The zero-order valence-corrected chi connectivity index (χ0v) is 13.0. The summed E-state index contributed by atoms with van der Waals surface area (Å²) in [6.07, 6.45) is 0. The fourth-order valence-electron chi connectivity index (χ4n) is 1.74. The highest BCUT2D eigenvalue weighted by Gasteiger charge is 2.20. The second-order valence-corrected chi connectivity index (χ2v) is 6.71. The van der Waals surface area contributed by atoms with Crippen molar-refractivity contribution in [1.29, 1.82) is 0 Å². The number of hydrogen-bond donors (Lipinski definition) is 0. The number of carbonyl (C=O) groups is 1. The molecular weight excluding hydrogens is 329 g/mol. The van der Waals surface area contributed by atoms with Gasteiger partial charge >= 0.3 is 0 Å². The van der Waals surface area contributed by atoms with Gasteiger partial charge in [-0.2, -0.15) is 0 Å². The molecule has 0 radical (unpaired) electrons. The summed E-state index contributed by atoms with van der Waals surface area (Å²) in [6.45, 7) is 1.92. The monoisotopic (exact) mass is 341 g/mol. The predicted molar refractivity (Wildman–Crippen MR) is 78.9 cm³/mol. The van der Waals surface area contributed by atoms with Gasteiger partial charge in [0.2, 0.25) is 0 Å². The van der Waals surface area contributed by atoms with E-state index in [0.29, 0.717) is 4.88 Å². The van der Waals surface area contributed by atoms with E-state index in [4.69, 9.17) is 0 Å². The van der Waals surface area contributed by atoms with Crippen LogP contribution in [-0.4, -0.2) is 17.9 Å². The quantitative estimate of drug-likeness (QED) is 0.805. The van der Waals surface area contributed by atoms with Crippen molar-refractivity contribution in [2.75, 3.05) is 7.05 Å². The Bertz CT molecular complexity index is 581. The molecule has 5 heteroatoms. The maximum atomic E-state index is 12.9. The van der Waals surface area contributed by atoms with Gasteiger partial charge in [0.05, 0.1) is 14.7 Å². The van der Waals surface area contributed by atoms with E-state index >= 15 is 0 Å². The Labute approximate surface area is 124 Å². The van der Waals surface area contributed by atoms with Gasteiger partial charge < -0.3 is 4.90 Å². The molecule has 1 aromatic carbocycles. The minimum Gasteiger partial charge on any atom is -0.334 e. The maximum Gasteiger partial charge on any atom is 0.264 e. The van der Waals surface area contributed by atoms with Crippen LogP contribution in [0.5, 0.6) is 0 Å². The summed E-state index contributed by atoms with van der Waals surface area (Å²) >= 11 is 4.75. The lowest BCUT2D eigenvalue weighted by atomic mass is 10.1. The van der Waals surface area contributed by atoms with Crippen LogP contribution in [0.25, 0.3) is 0 Å². The molecule has 0 aliphatic carbocycles. The van der Waals surface area contributed by atoms with E-state index in [1.54, 1.807) is 30.1 Å². The molecule has 100 valence electrons. The fraction of sp³-hybridized carbons (Fsp3) is 0.214. The van der Waals surface area contributed by atoms with Crippen molar-refractivity contribution in [3.05, 3.63) is 56.4 Å². The van der Waals surface area contributed by atoms with Crippen LogP contribution in [0, 0.1) is 5.82 Å². The van der Waals surface area contributed by atoms with Crippen molar-refractivity contribution in [1.82, 2.24) is 4.90 Å². The molecule has 0 aliphatic rings. The average molecular weight is 342 g/mol. The molecule has 0 spiro atoms. The van der Waals surface area contributed by atoms with E-state index in [1.165, 1.54) is 23.5 Å². The molecule has 0 fully saturated rings. The van der Waals surface area contributed by atoms with E-state index in [-0.39, 0.29) is 17.8 Å². The molecule has 2 aromatic rings. The number of amides is 1. The Hall–Kier alpha value is -1.20. The van der Waals surface area contributed by atoms with Crippen LogP contribution < -0.4 is 0 Å². The van der Waals surface area contributed by atoms with Crippen LogP contribution >= 0.6 is 27.3 Å². The molecule has 1 aromatic heterocycles. The van der Waals surface area contributed by atoms with Crippen molar-refractivity contribution in [2.24, 2.45) is 0 Å². The molecule has 2 nitrogen and oxygen atoms in total. The fourth-order valence-corrected chi connectivity index (χ4v) is 3.11. The lowest BCUT2D eigenvalue weighted by molar-refractivity contribution is 0.0747. The molecular formula is C14H13BrFNOS. The second kappa shape index (κ2) is 5.84. The summed E-state index contributed by atoms with van der Waals surface area (Å²) in [7, 11) is 1.75. The molecule has 2 rings (SSSR count). The maximum absolute atomic E-state index is 12.9. The Morgan fingerprint density at radius 2 is 1.89 bits per heavy atom. The molecule has 0 aliphatic heterocycles. The van der Waals surface area contributed by atoms with Crippen molar-refractivity contribution >= 4 is 33.2 Å². The number of nitrogens with zero attached hydrogens (tertiary/aromatic N) is 1. The van der Waals surface area contributed by atoms with Gasteiger partial charge in [0.1, 0.15) is 5.82 Å². The van der Waals surface area contributed by atoms with Gasteiger partial charge in [-0.05, 0) is 52.7 Å². The standard InChI is InChI=1S/C14H13BrFNOS/c1-9(10-3-5-11(16)6-4-10)17(2)14(18)12-7-8-13(15)19-12/h3-9H,1-2H3. The van der Waals surface area contributed by atoms with Gasteiger partial charge in [-0.3, -0.25) is 4.79 Å². The van der Waals surface area contributed by atoms with Crippen LogP contribution in [-0.2, 0) is 0 Å². The van der Waals surface area contributed by atoms with E-state index in [1.807, 2.05) is 13.0 Å². The Balaban J connectivity index is 2.16. The van der Waals surface area contributed by atoms with Gasteiger partial charge in [0, 0.05) is 7.05 Å². The second-order valence-electron chi connectivity index (χ2n) is 4.25. The van der Waals surface area contributed by atoms with Gasteiger partial charge in [-0.1, -0.05) is 12.1 Å². The number of halogens is 2. The van der Waals surface area contributed by atoms with Crippen LogP contribution in [0.2, 0.25) is 0 Å². The van der Waals surface area contributed by atoms with Gasteiger partial charge in [-0.25, -0.2) is 4.39 Å². The minimum atomic E-state index is -0.271. The number of rotatable bonds is 3. The third-order valence-corrected chi connectivity index (χ3v) is 4.65. The first-order valence-corrected chi connectivity index (χ1v) is 7.38. The molecule has 0 saturated heterocycles. The lowest BCUT2D eigenvalue weighted by Crippen LogP contribution is -2.29. The largest absolute Gasteiger partial charge is 0.334 e. The Morgan fingerprint density at radius 3 is 2.42 bits per heavy atom. The Kier molecular flexibility index (Phi) is 4.37. The summed E-state index contributed by atoms with van der Waals surface area (Å²) in [5.74, 6) is -0.306. The molecule has 1 amide bonds. The van der Waals surface area contributed by atoms with Gasteiger partial charge in [0.15, 0.2) is 0 Å². The molecule has 0 N–H and O–H groups in total. The molecule has 0 saturated carbocycles. The first kappa shape index (κ1) is 14.2. The van der Waals surface area contributed by atoms with Crippen molar-refractivity contribution in [3.8, 4) is 0 Å². The summed E-state index contributed by atoms with van der Waals surface area (Å²) < 4.78 is 13.8. The Morgan fingerprint density at radius 1 is 1.26 bits per heavy atom. The summed E-state index contributed by atoms with van der Waals surface area (Å²) in [4.78, 5) is 14.6. The molecule has 1 unspecified atom stereocenters. The van der Waals surface area contributed by atoms with Crippen molar-refractivity contribution in [2.45, 2.75) is 13.0 Å². The molecule has 1 heterocycles. The summed E-state index contributed by atoms with van der Waals surface area (Å²) in [6, 6.07) is 9.77. The van der Waals surface area contributed by atoms with Gasteiger partial charge in [0.25, 0.3) is 5.91 Å². The van der Waals surface area contributed by atoms with Crippen LogP contribution in [0.15, 0.2) is 40.2 Å². The van der Waals surface area contributed by atoms with E-state index in [9.17, 15) is 9.18 Å². The highest BCUT2D eigenvalue weighted by molar-refractivity contribution is 9.11. The third-order valence-electron chi connectivity index (χ3n) is 3.04. The zero-order valence-electron chi connectivity index (χ0n) is 10.6. The van der Waals surface area contributed by atoms with Crippen molar-refractivity contribution in [3.63, 3.8) is 0 Å². The van der Waals surface area contributed by atoms with Gasteiger partial charge in [-0.15, -0.1) is 11.3 Å². The smallest absolute Gasteiger partial charge is 0.264 e. The highest BCUT2D eigenvalue weighted by atomic mass is 79.9. The molecule has 19 heavy (non-hydrogen) atoms. The van der Waals surface area contributed by atoms with Crippen LogP contribution in [0.4, 0.5) is 4.39 Å². The SMILES string of the molecule is CC(c1ccc(F)cc1)N(C)C(=O)c1ccc(Br)s1. The first-order valence-electron chi connectivity index (χ1n) is 5.77. The number of carbonyl (C=O) groups excluding carboxylic acids is 1. The first-order chi connectivity index (χ1) is 8.99. The normalized spacial score (nSPS) is 12.2. The van der Waals surface area contributed by atoms with E-state index < -0.39 is 0 Å². The molecule has 1 atom stereocenters. The highest BCUT2D eigenvalue weighted by Crippen LogP contribution is 2.26. The predicted octanol–water partition coefficient (Wildman–Crippen LogP) is 4.48. The van der Waals surface area contributed by atoms with Crippen LogP contribution in [0.1, 0.15) is 28.2 Å². The van der Waals surface area contributed by atoms with E-state index in [2.05, 4.69) is 15.9 Å². The molecule has 0 bridgehead atoms. The summed E-state index contributed by atoms with van der Waals surface area (Å²) in [5.41, 5.74) is 0.910. The summed E-state index contributed by atoms with van der Waals surface area (Å²) in [5, 5.41) is 0. The van der Waals surface area contributed by atoms with Crippen molar-refractivity contribution < 1.29 is 9.18 Å². The zero-order chi connectivity index (χ0) is 14.0. The minimum absolute atomic E-state index is 0.0347. The lowest BCUT2D eigenvalue weighted by Gasteiger charge is -2.24. The van der Waals surface area contributed by atoms with E-state index in [0.717, 1.165) is 9.35 Å². The third kappa shape index (κ3) is 3.22. The average Bonchev–Trinajstić information content (AvgIpc) is 2.84. The number of benzene rings is 1. The number of thiophene rings is 1. The van der Waals surface area contributed by atoms with Crippen LogP contribution in [0.3, 0.4) is 0 Å².